The summed E-state index contributed by atoms with van der Waals surface area (Å²) in [6.07, 6.45) is 0.424. The van der Waals surface area contributed by atoms with Crippen molar-refractivity contribution in [2.45, 2.75) is 12.8 Å². The molecule has 13 heavy (non-hydrogen) atoms. The molecule has 2 N–H and O–H groups in total. The molecule has 1 aromatic heterocycles. The fourth-order valence-electron chi connectivity index (χ4n) is 0.845. The summed E-state index contributed by atoms with van der Waals surface area (Å²) in [4.78, 5) is 19.9. The highest BCUT2D eigenvalue weighted by Crippen LogP contribution is 2.16. The number of nitro groups is 1. The van der Waals surface area contributed by atoms with Gasteiger partial charge in [-0.3, -0.25) is 14.9 Å². The third-order valence-corrected chi connectivity index (χ3v) is 1.45. The summed E-state index contributed by atoms with van der Waals surface area (Å²) >= 11 is 0. The van der Waals surface area contributed by atoms with E-state index >= 15 is 0 Å². The molecule has 1 heterocycles. The van der Waals surface area contributed by atoms with E-state index in [0.29, 0.717) is 12.2 Å². The number of carbonyl (C=O) groups excluding carboxylic acids is 1. The molecule has 0 aliphatic rings. The van der Waals surface area contributed by atoms with Gasteiger partial charge in [-0.2, -0.15) is 0 Å². The number of hydrogen-bond acceptors (Lipinski definition) is 4. The van der Waals surface area contributed by atoms with E-state index < -0.39 is 10.8 Å². The predicted molar refractivity (Wildman–Crippen MR) is 42.9 cm³/mol. The molecule has 70 valence electrons. The van der Waals surface area contributed by atoms with Crippen molar-refractivity contribution >= 4 is 11.8 Å². The number of carbonyl (C=O) groups is 1. The predicted octanol–water partition coefficient (Wildman–Crippen LogP) is 0.606. The van der Waals surface area contributed by atoms with Crippen molar-refractivity contribution in [2.24, 2.45) is 5.73 Å². The summed E-state index contributed by atoms with van der Waals surface area (Å²) in [6, 6.07) is 2.71. The number of primary amides is 1. The summed E-state index contributed by atoms with van der Waals surface area (Å²) in [5.74, 6) is -0.385. The van der Waals surface area contributed by atoms with Crippen LogP contribution >= 0.6 is 0 Å². The molecular weight excluding hydrogens is 176 g/mol. The van der Waals surface area contributed by atoms with Crippen LogP contribution in [-0.4, -0.2) is 10.8 Å². The quantitative estimate of drug-likeness (QED) is 0.547. The van der Waals surface area contributed by atoms with Gasteiger partial charge < -0.3 is 10.2 Å². The number of hydrogen-bond donors (Lipinski definition) is 1. The molecule has 0 radical (unpaired) electrons. The molecular formula is C7H8N2O4. The Morgan fingerprint density at radius 3 is 2.77 bits per heavy atom. The van der Waals surface area contributed by atoms with Gasteiger partial charge in [0.15, 0.2) is 0 Å². The molecule has 0 atom stereocenters. The van der Waals surface area contributed by atoms with Crippen LogP contribution in [0.1, 0.15) is 12.2 Å². The highest BCUT2D eigenvalue weighted by molar-refractivity contribution is 5.73. The Bertz CT molecular complexity index is 331. The third-order valence-electron chi connectivity index (χ3n) is 1.45. The normalized spacial score (nSPS) is 9.85. The zero-order valence-corrected chi connectivity index (χ0v) is 6.73. The highest BCUT2D eigenvalue weighted by Gasteiger charge is 2.11. The smallest absolute Gasteiger partial charge is 0.406 e. The van der Waals surface area contributed by atoms with Gasteiger partial charge in [0, 0.05) is 12.8 Å². The molecule has 6 nitrogen and oxygen atoms in total. The van der Waals surface area contributed by atoms with E-state index in [1.165, 1.54) is 12.1 Å². The summed E-state index contributed by atoms with van der Waals surface area (Å²) in [5.41, 5.74) is 4.89. The zero-order valence-electron chi connectivity index (χ0n) is 6.73. The molecule has 0 aliphatic heterocycles. The molecule has 6 heteroatoms. The second kappa shape index (κ2) is 3.70. The fraction of sp³-hybridized carbons (Fsp3) is 0.286. The number of rotatable bonds is 4. The Labute approximate surface area is 73.5 Å². The van der Waals surface area contributed by atoms with Crippen LogP contribution in [0.25, 0.3) is 0 Å². The average Bonchev–Trinajstić information content (AvgIpc) is 2.48. The Kier molecular flexibility index (Phi) is 2.63. The van der Waals surface area contributed by atoms with E-state index in [4.69, 9.17) is 10.2 Å². The van der Waals surface area contributed by atoms with E-state index in [-0.39, 0.29) is 12.3 Å². The first-order valence-electron chi connectivity index (χ1n) is 3.61. The largest absolute Gasteiger partial charge is 0.433 e. The zero-order chi connectivity index (χ0) is 9.84. The van der Waals surface area contributed by atoms with Crippen molar-refractivity contribution in [1.29, 1.82) is 0 Å². The van der Waals surface area contributed by atoms with E-state index in [2.05, 4.69) is 0 Å². The van der Waals surface area contributed by atoms with Crippen LogP contribution in [0.15, 0.2) is 16.5 Å². The van der Waals surface area contributed by atoms with Crippen LogP contribution in [0.3, 0.4) is 0 Å². The maximum atomic E-state index is 10.4. The van der Waals surface area contributed by atoms with Gasteiger partial charge in [-0.1, -0.05) is 0 Å². The molecule has 0 aliphatic carbocycles. The SMILES string of the molecule is NC(=O)CCc1ccc([N+](=O)[O-])o1. The number of amides is 1. The van der Waals surface area contributed by atoms with Crippen molar-refractivity contribution < 1.29 is 14.1 Å². The molecule has 1 aromatic rings. The molecule has 0 fully saturated rings. The second-order valence-electron chi connectivity index (χ2n) is 2.46. The van der Waals surface area contributed by atoms with E-state index in [0.717, 1.165) is 0 Å². The monoisotopic (exact) mass is 184 g/mol. The van der Waals surface area contributed by atoms with Crippen LogP contribution < -0.4 is 5.73 Å². The van der Waals surface area contributed by atoms with Gasteiger partial charge in [0.25, 0.3) is 0 Å². The third kappa shape index (κ3) is 2.58. The average molecular weight is 184 g/mol. The molecule has 0 saturated carbocycles. The molecule has 0 unspecified atom stereocenters. The van der Waals surface area contributed by atoms with Crippen LogP contribution in [0.5, 0.6) is 0 Å². The first kappa shape index (κ1) is 9.24. The number of nitrogens with two attached hydrogens (primary N) is 1. The lowest BCUT2D eigenvalue weighted by molar-refractivity contribution is -0.402. The van der Waals surface area contributed by atoms with Crippen molar-refractivity contribution in [2.75, 3.05) is 0 Å². The first-order chi connectivity index (χ1) is 6.09. The molecule has 0 bridgehead atoms. The Hall–Kier alpha value is -1.85. The van der Waals surface area contributed by atoms with Crippen molar-refractivity contribution in [3.8, 4) is 0 Å². The number of nitrogens with zero attached hydrogens (tertiary/aromatic N) is 1. The van der Waals surface area contributed by atoms with Gasteiger partial charge in [0.2, 0.25) is 5.91 Å². The molecule has 1 rings (SSSR count). The van der Waals surface area contributed by atoms with Gasteiger partial charge in [-0.15, -0.1) is 0 Å². The van der Waals surface area contributed by atoms with E-state index in [1.54, 1.807) is 0 Å². The summed E-state index contributed by atoms with van der Waals surface area (Å²) in [7, 11) is 0. The summed E-state index contributed by atoms with van der Waals surface area (Å²) in [6.45, 7) is 0. The van der Waals surface area contributed by atoms with Gasteiger partial charge in [-0.25, -0.2) is 0 Å². The topological polar surface area (TPSA) is 99.4 Å². The lowest BCUT2D eigenvalue weighted by Crippen LogP contribution is -2.10. The Balaban J connectivity index is 2.59. The van der Waals surface area contributed by atoms with Crippen molar-refractivity contribution in [3.63, 3.8) is 0 Å². The second-order valence-corrected chi connectivity index (χ2v) is 2.46. The maximum absolute atomic E-state index is 10.4. The molecule has 1 amide bonds. The summed E-state index contributed by atoms with van der Waals surface area (Å²) < 4.78 is 4.79. The number of furan rings is 1. The van der Waals surface area contributed by atoms with Gasteiger partial charge in [-0.05, 0) is 6.07 Å². The van der Waals surface area contributed by atoms with Gasteiger partial charge >= 0.3 is 5.88 Å². The van der Waals surface area contributed by atoms with E-state index in [9.17, 15) is 14.9 Å². The standard InChI is InChI=1S/C7H8N2O4/c8-6(10)3-1-5-2-4-7(13-5)9(11)12/h2,4H,1,3H2,(H2,8,10). The van der Waals surface area contributed by atoms with Crippen LogP contribution in [0, 0.1) is 10.1 Å². The molecule has 0 saturated heterocycles. The van der Waals surface area contributed by atoms with Crippen LogP contribution in [0.4, 0.5) is 5.88 Å². The highest BCUT2D eigenvalue weighted by atomic mass is 16.6. The number of aryl methyl sites for hydroxylation is 1. The minimum Gasteiger partial charge on any atom is -0.406 e. The lowest BCUT2D eigenvalue weighted by atomic mass is 10.2. The lowest BCUT2D eigenvalue weighted by Gasteiger charge is -1.90. The van der Waals surface area contributed by atoms with Gasteiger partial charge in [0.05, 0.1) is 6.07 Å². The molecule has 0 spiro atoms. The van der Waals surface area contributed by atoms with E-state index in [1.807, 2.05) is 0 Å². The Morgan fingerprint density at radius 2 is 2.31 bits per heavy atom. The minimum absolute atomic E-state index is 0.130. The fourth-order valence-corrected chi connectivity index (χ4v) is 0.845. The van der Waals surface area contributed by atoms with Crippen LogP contribution in [0.2, 0.25) is 0 Å². The first-order valence-corrected chi connectivity index (χ1v) is 3.61. The molecule has 0 aromatic carbocycles. The Morgan fingerprint density at radius 1 is 1.62 bits per heavy atom. The van der Waals surface area contributed by atoms with Crippen molar-refractivity contribution in [3.05, 3.63) is 28.0 Å². The summed E-state index contributed by atoms with van der Waals surface area (Å²) in [5, 5.41) is 10.2. The maximum Gasteiger partial charge on any atom is 0.433 e. The van der Waals surface area contributed by atoms with Crippen LogP contribution in [-0.2, 0) is 11.2 Å². The minimum atomic E-state index is -0.631. The van der Waals surface area contributed by atoms with Crippen molar-refractivity contribution in [1.82, 2.24) is 0 Å². The van der Waals surface area contributed by atoms with Gasteiger partial charge in [0.1, 0.15) is 10.7 Å².